The number of morpholine rings is 1. The highest BCUT2D eigenvalue weighted by Gasteiger charge is 2.68. The third-order valence-corrected chi connectivity index (χ3v) is 9.28. The molecule has 2 heterocycles. The Kier molecular flexibility index (Phi) is 7.45. The molecular weight excluding hydrogens is 489 g/mol. The van der Waals surface area contributed by atoms with E-state index in [0.29, 0.717) is 44.6 Å². The van der Waals surface area contributed by atoms with Gasteiger partial charge in [0.15, 0.2) is 0 Å². The highest BCUT2D eigenvalue weighted by atomic mass is 16.7. The van der Waals surface area contributed by atoms with E-state index in [1.807, 2.05) is 30.3 Å². The molecule has 1 unspecified atom stereocenters. The van der Waals surface area contributed by atoms with Gasteiger partial charge in [0.05, 0.1) is 37.3 Å². The standard InChI is InChI=1S/C27H38BN3O7/c1-26(2)18-14-20(26)27(3)21(15-18)37-28(38-27)22(13-17-7-5-4-6-8-17)30-24(33)19(29-25(34)35)16-23(32)31-9-11-36-12-10-31/h4-8,18-22,29H,9-16H2,1-3H3,(H,30,33)(H,34,35)/t18-,19?,20-,21+,22-,27-/m0/s1. The van der Waals surface area contributed by atoms with Crippen molar-refractivity contribution < 1.29 is 33.5 Å². The van der Waals surface area contributed by atoms with Crippen LogP contribution in [0.5, 0.6) is 0 Å². The first-order valence-corrected chi connectivity index (χ1v) is 13.6. The largest absolute Gasteiger partial charge is 0.482 e. The lowest BCUT2D eigenvalue weighted by atomic mass is 9.43. The van der Waals surface area contributed by atoms with E-state index < -0.39 is 36.7 Å². The van der Waals surface area contributed by atoms with Crippen LogP contribution in [0.25, 0.3) is 0 Å². The van der Waals surface area contributed by atoms with E-state index in [1.165, 1.54) is 0 Å². The molecule has 1 aromatic carbocycles. The summed E-state index contributed by atoms with van der Waals surface area (Å²) in [5.74, 6) is -0.485. The first-order chi connectivity index (χ1) is 18.1. The highest BCUT2D eigenvalue weighted by Crippen LogP contribution is 2.65. The maximum atomic E-state index is 13.5. The lowest BCUT2D eigenvalue weighted by Gasteiger charge is -2.64. The Labute approximate surface area is 223 Å². The van der Waals surface area contributed by atoms with Crippen molar-refractivity contribution >= 4 is 25.0 Å². The SMILES string of the molecule is CC1(C)[C@@H]2C[C@H]3OB([C@H](Cc4ccccc4)NC(=O)C(CC(=O)N4CCOCC4)NC(=O)O)O[C@@]3(C)[C@H]1C2. The molecule has 5 fully saturated rings. The zero-order valence-corrected chi connectivity index (χ0v) is 22.4. The molecule has 206 valence electrons. The Balaban J connectivity index is 1.33. The van der Waals surface area contributed by atoms with Gasteiger partial charge in [-0.15, -0.1) is 0 Å². The number of carbonyl (C=O) groups is 3. The predicted molar refractivity (Wildman–Crippen MR) is 139 cm³/mol. The molecule has 2 saturated heterocycles. The van der Waals surface area contributed by atoms with Crippen molar-refractivity contribution in [2.45, 2.75) is 70.1 Å². The topological polar surface area (TPSA) is 126 Å². The van der Waals surface area contributed by atoms with E-state index in [2.05, 4.69) is 31.4 Å². The quantitative estimate of drug-likeness (QED) is 0.441. The number of carboxylic acid groups (broad SMARTS) is 1. The van der Waals surface area contributed by atoms with E-state index in [1.54, 1.807) is 4.90 Å². The smallest absolute Gasteiger partial charge is 0.465 e. The van der Waals surface area contributed by atoms with Gasteiger partial charge in [-0.3, -0.25) is 9.59 Å². The van der Waals surface area contributed by atoms with Crippen LogP contribution in [0, 0.1) is 17.3 Å². The van der Waals surface area contributed by atoms with Crippen LogP contribution in [0.15, 0.2) is 30.3 Å². The minimum Gasteiger partial charge on any atom is -0.465 e. The van der Waals surface area contributed by atoms with Crippen molar-refractivity contribution in [1.29, 1.82) is 0 Å². The molecule has 3 N–H and O–H groups in total. The summed E-state index contributed by atoms with van der Waals surface area (Å²) < 4.78 is 18.4. The molecule has 6 atom stereocenters. The van der Waals surface area contributed by atoms with Crippen LogP contribution >= 0.6 is 0 Å². The molecule has 3 saturated carbocycles. The number of rotatable bonds is 8. The van der Waals surface area contributed by atoms with Crippen molar-refractivity contribution in [2.24, 2.45) is 17.3 Å². The fourth-order valence-electron chi connectivity index (χ4n) is 6.91. The summed E-state index contributed by atoms with van der Waals surface area (Å²) in [5, 5.41) is 14.6. The van der Waals surface area contributed by atoms with Crippen molar-refractivity contribution in [1.82, 2.24) is 15.5 Å². The lowest BCUT2D eigenvalue weighted by molar-refractivity contribution is -0.199. The van der Waals surface area contributed by atoms with E-state index in [9.17, 15) is 19.5 Å². The third-order valence-electron chi connectivity index (χ3n) is 9.28. The first kappa shape index (κ1) is 27.0. The van der Waals surface area contributed by atoms with Crippen LogP contribution in [0.2, 0.25) is 0 Å². The summed E-state index contributed by atoms with van der Waals surface area (Å²) in [5.41, 5.74) is 0.716. The molecule has 3 amide bonds. The summed E-state index contributed by atoms with van der Waals surface area (Å²) in [4.78, 5) is 39.5. The van der Waals surface area contributed by atoms with E-state index >= 15 is 0 Å². The molecule has 38 heavy (non-hydrogen) atoms. The van der Waals surface area contributed by atoms with Crippen molar-refractivity contribution in [3.05, 3.63) is 35.9 Å². The number of hydrogen-bond donors (Lipinski definition) is 3. The minimum atomic E-state index is -1.37. The Hall–Kier alpha value is -2.63. The van der Waals surface area contributed by atoms with Crippen molar-refractivity contribution in [3.8, 4) is 0 Å². The van der Waals surface area contributed by atoms with Gasteiger partial charge in [0.1, 0.15) is 6.04 Å². The minimum absolute atomic E-state index is 0.0599. The van der Waals surface area contributed by atoms with Gasteiger partial charge in [0.2, 0.25) is 11.8 Å². The number of nitrogens with zero attached hydrogens (tertiary/aromatic N) is 1. The van der Waals surface area contributed by atoms with Gasteiger partial charge in [-0.2, -0.15) is 0 Å². The Morgan fingerprint density at radius 3 is 2.47 bits per heavy atom. The maximum absolute atomic E-state index is 13.5. The zero-order chi connectivity index (χ0) is 27.1. The van der Waals surface area contributed by atoms with Crippen LogP contribution < -0.4 is 10.6 Å². The molecule has 10 nitrogen and oxygen atoms in total. The maximum Gasteiger partial charge on any atom is 0.482 e. The number of carbonyl (C=O) groups excluding carboxylic acids is 2. The number of benzene rings is 1. The second-order valence-electron chi connectivity index (χ2n) is 11.8. The lowest BCUT2D eigenvalue weighted by Crippen LogP contribution is -2.65. The first-order valence-electron chi connectivity index (χ1n) is 13.6. The Morgan fingerprint density at radius 2 is 1.82 bits per heavy atom. The van der Waals surface area contributed by atoms with E-state index in [4.69, 9.17) is 14.0 Å². The second-order valence-corrected chi connectivity index (χ2v) is 11.8. The van der Waals surface area contributed by atoms with Gasteiger partial charge in [0.25, 0.3) is 0 Å². The average Bonchev–Trinajstić information content (AvgIpc) is 3.26. The number of amides is 3. The van der Waals surface area contributed by atoms with Gasteiger partial charge in [-0.05, 0) is 49.0 Å². The molecule has 0 radical (unpaired) electrons. The van der Waals surface area contributed by atoms with Gasteiger partial charge in [-0.25, -0.2) is 4.79 Å². The predicted octanol–water partition coefficient (Wildman–Crippen LogP) is 1.87. The highest BCUT2D eigenvalue weighted by molar-refractivity contribution is 6.48. The van der Waals surface area contributed by atoms with Crippen LogP contribution in [0.1, 0.15) is 45.6 Å². The van der Waals surface area contributed by atoms with Crippen molar-refractivity contribution in [2.75, 3.05) is 26.3 Å². The molecule has 0 spiro atoms. The fourth-order valence-corrected chi connectivity index (χ4v) is 6.91. The summed E-state index contributed by atoms with van der Waals surface area (Å²) in [6.07, 6.45) is 0.763. The van der Waals surface area contributed by atoms with Gasteiger partial charge in [-0.1, -0.05) is 44.2 Å². The summed E-state index contributed by atoms with van der Waals surface area (Å²) in [6.45, 7) is 8.38. The van der Waals surface area contributed by atoms with Gasteiger partial charge in [0, 0.05) is 13.1 Å². The number of nitrogens with one attached hydrogen (secondary N) is 2. The van der Waals surface area contributed by atoms with Crippen LogP contribution in [-0.2, 0) is 30.1 Å². The molecule has 3 aliphatic carbocycles. The summed E-state index contributed by atoms with van der Waals surface area (Å²) in [6, 6.07) is 8.48. The fraction of sp³-hybridized carbons (Fsp3) is 0.667. The molecule has 6 rings (SSSR count). The summed E-state index contributed by atoms with van der Waals surface area (Å²) in [7, 11) is -0.690. The average molecular weight is 527 g/mol. The molecule has 2 aliphatic heterocycles. The normalized spacial score (nSPS) is 31.0. The van der Waals surface area contributed by atoms with Gasteiger partial charge < -0.3 is 34.7 Å². The molecule has 11 heteroatoms. The van der Waals surface area contributed by atoms with Crippen LogP contribution in [0.3, 0.4) is 0 Å². The molecular formula is C27H38BN3O7. The molecule has 2 bridgehead atoms. The molecule has 1 aromatic rings. The molecule has 0 aromatic heterocycles. The molecule has 5 aliphatic rings. The van der Waals surface area contributed by atoms with Crippen LogP contribution in [0.4, 0.5) is 4.79 Å². The number of ether oxygens (including phenoxy) is 1. The Bertz CT molecular complexity index is 1050. The third kappa shape index (κ3) is 5.16. The number of hydrogen-bond acceptors (Lipinski definition) is 6. The van der Waals surface area contributed by atoms with Gasteiger partial charge >= 0.3 is 13.2 Å². The summed E-state index contributed by atoms with van der Waals surface area (Å²) >= 11 is 0. The van der Waals surface area contributed by atoms with E-state index in [-0.39, 0.29) is 23.8 Å². The zero-order valence-electron chi connectivity index (χ0n) is 22.4. The van der Waals surface area contributed by atoms with E-state index in [0.717, 1.165) is 18.4 Å². The second kappa shape index (κ2) is 10.5. The van der Waals surface area contributed by atoms with Crippen molar-refractivity contribution in [3.63, 3.8) is 0 Å². The van der Waals surface area contributed by atoms with Crippen LogP contribution in [-0.4, -0.2) is 85.0 Å². The monoisotopic (exact) mass is 527 g/mol. The Morgan fingerprint density at radius 1 is 1.11 bits per heavy atom.